The first kappa shape index (κ1) is 12.8. The average molecular weight is 440 g/mol. The van der Waals surface area contributed by atoms with Crippen molar-refractivity contribution in [3.05, 3.63) is 35.6 Å². The predicted molar refractivity (Wildman–Crippen MR) is 71.6 cm³/mol. The molecule has 0 aliphatic carbocycles. The lowest BCUT2D eigenvalue weighted by molar-refractivity contribution is 0.560. The molecule has 0 aliphatic heterocycles. The van der Waals surface area contributed by atoms with E-state index in [0.717, 1.165) is 5.56 Å². The molecule has 0 radical (unpaired) electrons. The Bertz CT molecular complexity index is 340. The molecule has 0 aromatic heterocycles. The monoisotopic (exact) mass is 440 g/mol. The largest absolute Gasteiger partial charge is 0.304 e. The molecule has 1 unspecified atom stereocenters. The topological polar surface area (TPSA) is 37.3 Å². The Morgan fingerprint density at radius 2 is 1.86 bits per heavy atom. The minimum atomic E-state index is -1.90. The summed E-state index contributed by atoms with van der Waals surface area (Å²) in [7, 11) is 0. The van der Waals surface area contributed by atoms with Gasteiger partial charge in [0, 0.05) is 6.42 Å². The maximum Gasteiger partial charge on any atom is 0.179 e. The summed E-state index contributed by atoms with van der Waals surface area (Å²) < 4.78 is 31.7. The van der Waals surface area contributed by atoms with Crippen LogP contribution in [0.5, 0.6) is 0 Å². The minimum absolute atomic E-state index is 0.300. The van der Waals surface area contributed by atoms with Gasteiger partial charge in [0.1, 0.15) is 5.82 Å². The van der Waals surface area contributed by atoms with Gasteiger partial charge in [-0.05, 0) is 62.9 Å². The summed E-state index contributed by atoms with van der Waals surface area (Å²) in [6.45, 7) is 0. The number of hydrogen-bond donors (Lipinski definition) is 1. The highest BCUT2D eigenvalue weighted by Crippen LogP contribution is 2.34. The summed E-state index contributed by atoms with van der Waals surface area (Å²) in [6.07, 6.45) is 0.428. The molecule has 0 saturated carbocycles. The van der Waals surface area contributed by atoms with Crippen LogP contribution in [0.1, 0.15) is 5.56 Å². The van der Waals surface area contributed by atoms with E-state index >= 15 is 0 Å². The van der Waals surface area contributed by atoms with Crippen molar-refractivity contribution < 1.29 is 13.2 Å². The van der Waals surface area contributed by atoms with Crippen molar-refractivity contribution in [3.63, 3.8) is 0 Å². The molecule has 0 fully saturated rings. The van der Waals surface area contributed by atoms with E-state index in [-0.39, 0.29) is 5.82 Å². The Labute approximate surface area is 111 Å². The van der Waals surface area contributed by atoms with Gasteiger partial charge in [-0.3, -0.25) is 0 Å². The van der Waals surface area contributed by atoms with Gasteiger partial charge in [0.05, 0.1) is 0 Å². The van der Waals surface area contributed by atoms with Crippen LogP contribution in [0.15, 0.2) is 24.3 Å². The predicted octanol–water partition coefficient (Wildman–Crippen LogP) is 3.11. The van der Waals surface area contributed by atoms with E-state index in [2.05, 4.69) is 0 Å². The van der Waals surface area contributed by atoms with Crippen LogP contribution in [0.25, 0.3) is 0 Å². The van der Waals surface area contributed by atoms with Crippen LogP contribution in [-0.2, 0) is 17.5 Å². The van der Waals surface area contributed by atoms with E-state index in [0.29, 0.717) is 6.42 Å². The third-order valence-electron chi connectivity index (χ3n) is 1.58. The van der Waals surface area contributed by atoms with E-state index in [9.17, 15) is 8.60 Å². The second-order valence-electron chi connectivity index (χ2n) is 2.69. The molecule has 6 heteroatoms. The van der Waals surface area contributed by atoms with Crippen molar-refractivity contribution >= 4 is 56.3 Å². The zero-order valence-corrected chi connectivity index (χ0v) is 12.0. The fourth-order valence-electron chi connectivity index (χ4n) is 0.902. The van der Waals surface area contributed by atoms with E-state index in [1.54, 1.807) is 12.1 Å². The minimum Gasteiger partial charge on any atom is -0.304 e. The Balaban J connectivity index is 2.79. The average Bonchev–Trinajstić information content (AvgIpc) is 2.08. The molecule has 1 aromatic carbocycles. The summed E-state index contributed by atoms with van der Waals surface area (Å²) in [5, 5.41) is 0. The van der Waals surface area contributed by atoms with Crippen molar-refractivity contribution in [2.24, 2.45) is 0 Å². The zero-order chi connectivity index (χ0) is 10.8. The highest BCUT2D eigenvalue weighted by Gasteiger charge is 2.29. The molecule has 14 heavy (non-hydrogen) atoms. The van der Waals surface area contributed by atoms with Gasteiger partial charge in [0.15, 0.2) is 11.8 Å². The SMILES string of the molecule is O=S(O)C(I)(I)Cc1ccc(F)cc1. The van der Waals surface area contributed by atoms with Crippen molar-refractivity contribution in [2.45, 2.75) is 7.18 Å². The molecule has 0 saturated heterocycles. The summed E-state index contributed by atoms with van der Waals surface area (Å²) in [6, 6.07) is 5.93. The highest BCUT2D eigenvalue weighted by atomic mass is 127. The number of benzene rings is 1. The lowest BCUT2D eigenvalue weighted by atomic mass is 10.2. The highest BCUT2D eigenvalue weighted by molar-refractivity contribution is 14.2. The lowest BCUT2D eigenvalue weighted by Crippen LogP contribution is -2.20. The van der Waals surface area contributed by atoms with Crippen LogP contribution in [0.3, 0.4) is 0 Å². The molecule has 0 amide bonds. The Kier molecular flexibility index (Phi) is 4.72. The molecule has 0 aliphatic rings. The summed E-state index contributed by atoms with van der Waals surface area (Å²) in [4.78, 5) is 0. The number of alkyl halides is 2. The van der Waals surface area contributed by atoms with Crippen LogP contribution in [0.2, 0.25) is 0 Å². The third kappa shape index (κ3) is 3.70. The Morgan fingerprint density at radius 1 is 1.36 bits per heavy atom. The molecule has 1 atom stereocenters. The Hall–Kier alpha value is 0.720. The molecule has 2 nitrogen and oxygen atoms in total. The first-order valence-electron chi connectivity index (χ1n) is 3.65. The summed E-state index contributed by atoms with van der Waals surface area (Å²) in [5.74, 6) is -0.300. The number of rotatable bonds is 3. The van der Waals surface area contributed by atoms with Crippen molar-refractivity contribution in [3.8, 4) is 0 Å². The van der Waals surface area contributed by atoms with Crippen LogP contribution in [-0.4, -0.2) is 9.52 Å². The maximum absolute atomic E-state index is 12.6. The van der Waals surface area contributed by atoms with Gasteiger partial charge >= 0.3 is 0 Å². The molecular weight excluding hydrogens is 433 g/mol. The normalized spacial score (nSPS) is 14.0. The molecular formula is C8H7FI2O2S. The Morgan fingerprint density at radius 3 is 2.29 bits per heavy atom. The quantitative estimate of drug-likeness (QED) is 0.446. The van der Waals surface area contributed by atoms with Gasteiger partial charge in [0.25, 0.3) is 0 Å². The molecule has 0 heterocycles. The van der Waals surface area contributed by atoms with E-state index in [1.165, 1.54) is 12.1 Å². The second-order valence-corrected chi connectivity index (χ2v) is 11.1. The van der Waals surface area contributed by atoms with Crippen LogP contribution in [0.4, 0.5) is 4.39 Å². The third-order valence-corrected chi connectivity index (χ3v) is 5.26. The number of halogens is 3. The van der Waals surface area contributed by atoms with Crippen LogP contribution < -0.4 is 0 Å². The van der Waals surface area contributed by atoms with Crippen LogP contribution in [0, 0.1) is 5.82 Å². The molecule has 78 valence electrons. The molecule has 0 bridgehead atoms. The van der Waals surface area contributed by atoms with Gasteiger partial charge in [-0.25, -0.2) is 8.60 Å². The van der Waals surface area contributed by atoms with Gasteiger partial charge in [-0.15, -0.1) is 0 Å². The lowest BCUT2D eigenvalue weighted by Gasteiger charge is -2.15. The van der Waals surface area contributed by atoms with Crippen molar-refractivity contribution in [2.75, 3.05) is 0 Å². The maximum atomic E-state index is 12.6. The molecule has 0 spiro atoms. The second kappa shape index (κ2) is 5.17. The fourth-order valence-corrected chi connectivity index (χ4v) is 2.07. The molecule has 1 aromatic rings. The van der Waals surface area contributed by atoms with Gasteiger partial charge in [-0.2, -0.15) is 0 Å². The molecule has 1 N–H and O–H groups in total. The summed E-state index contributed by atoms with van der Waals surface area (Å²) in [5.41, 5.74) is 0.845. The van der Waals surface area contributed by atoms with Gasteiger partial charge < -0.3 is 4.55 Å². The number of hydrogen-bond acceptors (Lipinski definition) is 1. The first-order valence-corrected chi connectivity index (χ1v) is 6.91. The smallest absolute Gasteiger partial charge is 0.179 e. The van der Waals surface area contributed by atoms with E-state index in [1.807, 2.05) is 45.2 Å². The van der Waals surface area contributed by atoms with E-state index in [4.69, 9.17) is 4.55 Å². The van der Waals surface area contributed by atoms with Crippen molar-refractivity contribution in [1.82, 2.24) is 0 Å². The zero-order valence-electron chi connectivity index (χ0n) is 6.91. The van der Waals surface area contributed by atoms with Gasteiger partial charge in [-0.1, -0.05) is 12.1 Å². The standard InChI is InChI=1S/C8H7FI2O2S/c9-7-3-1-6(2-4-7)5-8(10,11)14(12)13/h1-4H,5H2,(H,12,13). The van der Waals surface area contributed by atoms with E-state index < -0.39 is 11.8 Å². The first-order chi connectivity index (χ1) is 6.42. The molecule has 1 rings (SSSR count). The van der Waals surface area contributed by atoms with Gasteiger partial charge in [0.2, 0.25) is 0 Å². The fraction of sp³-hybridized carbons (Fsp3) is 0.250. The van der Waals surface area contributed by atoms with Crippen molar-refractivity contribution in [1.29, 1.82) is 0 Å². The van der Waals surface area contributed by atoms with Crippen LogP contribution >= 0.6 is 45.2 Å². The summed E-state index contributed by atoms with van der Waals surface area (Å²) >= 11 is 1.94.